The Morgan fingerprint density at radius 3 is 2.38 bits per heavy atom. The van der Waals surface area contributed by atoms with Crippen LogP contribution in [0.25, 0.3) is 0 Å². The first kappa shape index (κ1) is 33.8. The van der Waals surface area contributed by atoms with Crippen LogP contribution >= 0.6 is 23.2 Å². The third-order valence-corrected chi connectivity index (χ3v) is 10.1. The smallest absolute Gasteiger partial charge is 0.410 e. The van der Waals surface area contributed by atoms with Gasteiger partial charge in [-0.1, -0.05) is 65.7 Å². The molecule has 3 aliphatic rings. The lowest BCUT2D eigenvalue weighted by Gasteiger charge is -2.51. The quantitative estimate of drug-likeness (QED) is 0.308. The van der Waals surface area contributed by atoms with Crippen LogP contribution in [0.1, 0.15) is 74.2 Å². The molecule has 48 heavy (non-hydrogen) atoms. The third-order valence-electron chi connectivity index (χ3n) is 9.60. The number of likely N-dealkylation sites (tertiary alicyclic amines) is 2. The van der Waals surface area contributed by atoms with Crippen LogP contribution in [0.15, 0.2) is 66.7 Å². The number of carbonyl (C=O) groups excluding carboxylic acids is 4. The van der Waals surface area contributed by atoms with Gasteiger partial charge in [0.1, 0.15) is 17.6 Å². The Kier molecular flexibility index (Phi) is 9.22. The third kappa shape index (κ3) is 6.38. The van der Waals surface area contributed by atoms with Gasteiger partial charge < -0.3 is 25.2 Å². The average molecular weight is 692 g/mol. The molecule has 0 radical (unpaired) electrons. The number of piperidine rings is 2. The van der Waals surface area contributed by atoms with Crippen LogP contribution in [0, 0.1) is 6.92 Å². The summed E-state index contributed by atoms with van der Waals surface area (Å²) < 4.78 is 5.51. The summed E-state index contributed by atoms with van der Waals surface area (Å²) in [5.74, 6) is -1.44. The molecule has 9 nitrogen and oxygen atoms in total. The van der Waals surface area contributed by atoms with E-state index in [0.29, 0.717) is 47.2 Å². The summed E-state index contributed by atoms with van der Waals surface area (Å²) >= 11 is 12.9. The highest BCUT2D eigenvalue weighted by atomic mass is 35.5. The number of aryl methyl sites for hydroxylation is 1. The number of carbonyl (C=O) groups is 4. The molecule has 0 aliphatic carbocycles. The second kappa shape index (κ2) is 13.1. The molecule has 6 rings (SSSR count). The van der Waals surface area contributed by atoms with Gasteiger partial charge in [0, 0.05) is 47.2 Å². The van der Waals surface area contributed by atoms with Crippen molar-refractivity contribution in [3.8, 4) is 0 Å². The van der Waals surface area contributed by atoms with Gasteiger partial charge in [-0.05, 0) is 87.1 Å². The molecule has 2 saturated heterocycles. The zero-order valence-electron chi connectivity index (χ0n) is 27.5. The second-order valence-corrected chi connectivity index (χ2v) is 14.8. The molecule has 3 atom stereocenters. The zero-order chi connectivity index (χ0) is 34.4. The summed E-state index contributed by atoms with van der Waals surface area (Å²) in [6.07, 6.45) is 0.720. The molecule has 11 heteroatoms. The molecular weight excluding hydrogens is 651 g/mol. The highest BCUT2D eigenvalue weighted by Gasteiger charge is 2.63. The molecule has 3 aliphatic heterocycles. The Balaban J connectivity index is 1.36. The highest BCUT2D eigenvalue weighted by molar-refractivity contribution is 6.31. The van der Waals surface area contributed by atoms with Crippen molar-refractivity contribution in [2.75, 3.05) is 25.0 Å². The van der Waals surface area contributed by atoms with Crippen molar-refractivity contribution in [3.05, 3.63) is 99.0 Å². The van der Waals surface area contributed by atoms with Crippen molar-refractivity contribution in [3.63, 3.8) is 0 Å². The van der Waals surface area contributed by atoms with Crippen molar-refractivity contribution in [1.82, 2.24) is 15.1 Å². The van der Waals surface area contributed by atoms with Gasteiger partial charge >= 0.3 is 6.09 Å². The summed E-state index contributed by atoms with van der Waals surface area (Å²) in [6, 6.07) is 19.3. The fourth-order valence-corrected chi connectivity index (χ4v) is 7.90. The average Bonchev–Trinajstić information content (AvgIpc) is 3.29. The van der Waals surface area contributed by atoms with E-state index in [-0.39, 0.29) is 42.8 Å². The van der Waals surface area contributed by atoms with Gasteiger partial charge in [-0.15, -0.1) is 0 Å². The van der Waals surface area contributed by atoms with E-state index in [0.717, 1.165) is 16.7 Å². The maximum Gasteiger partial charge on any atom is 0.410 e. The molecule has 0 unspecified atom stereocenters. The second-order valence-electron chi connectivity index (χ2n) is 13.9. The summed E-state index contributed by atoms with van der Waals surface area (Å²) in [4.78, 5) is 58.6. The van der Waals surface area contributed by atoms with E-state index >= 15 is 0 Å². The number of amides is 4. The van der Waals surface area contributed by atoms with E-state index in [9.17, 15) is 19.2 Å². The number of rotatable bonds is 5. The highest BCUT2D eigenvalue weighted by Crippen LogP contribution is 2.60. The Hall–Kier alpha value is -4.08. The molecule has 0 bridgehead atoms. The molecule has 2 N–H and O–H groups in total. The molecule has 3 aromatic rings. The van der Waals surface area contributed by atoms with Gasteiger partial charge in [0.05, 0.1) is 6.04 Å². The number of ether oxygens (including phenoxy) is 1. The van der Waals surface area contributed by atoms with Gasteiger partial charge in [0.2, 0.25) is 17.7 Å². The van der Waals surface area contributed by atoms with Crippen molar-refractivity contribution in [1.29, 1.82) is 0 Å². The molecule has 252 valence electrons. The predicted molar refractivity (Wildman–Crippen MR) is 185 cm³/mol. The van der Waals surface area contributed by atoms with Crippen molar-refractivity contribution < 1.29 is 23.9 Å². The number of hydrogen-bond acceptors (Lipinski definition) is 5. The largest absolute Gasteiger partial charge is 0.444 e. The molecule has 3 aromatic carbocycles. The number of halogens is 2. The maximum atomic E-state index is 14.6. The van der Waals surface area contributed by atoms with Crippen LogP contribution < -0.4 is 10.6 Å². The Bertz CT molecular complexity index is 1770. The number of nitrogens with zero attached hydrogens (tertiary/aromatic N) is 2. The van der Waals surface area contributed by atoms with E-state index in [1.54, 1.807) is 28.0 Å². The van der Waals surface area contributed by atoms with Gasteiger partial charge in [-0.25, -0.2) is 4.79 Å². The first-order valence-electron chi connectivity index (χ1n) is 16.3. The van der Waals surface area contributed by atoms with Crippen molar-refractivity contribution in [2.45, 2.75) is 76.0 Å². The van der Waals surface area contributed by atoms with E-state index in [4.69, 9.17) is 27.9 Å². The fourth-order valence-electron chi connectivity index (χ4n) is 7.53. The fraction of sp³-hybridized carbons (Fsp3) is 0.405. The van der Waals surface area contributed by atoms with Crippen LogP contribution in [-0.4, -0.2) is 64.9 Å². The Morgan fingerprint density at radius 2 is 1.69 bits per heavy atom. The number of anilines is 1. The van der Waals surface area contributed by atoms with E-state index in [2.05, 4.69) is 10.6 Å². The molecular formula is C37H40Cl2N4O5. The molecule has 2 fully saturated rings. The van der Waals surface area contributed by atoms with Crippen LogP contribution in [-0.2, 0) is 24.5 Å². The molecule has 3 heterocycles. The van der Waals surface area contributed by atoms with Crippen molar-refractivity contribution in [2.24, 2.45) is 0 Å². The number of benzene rings is 3. The summed E-state index contributed by atoms with van der Waals surface area (Å²) in [5.41, 5.74) is 1.81. The molecule has 4 amide bonds. The lowest BCUT2D eigenvalue weighted by atomic mass is 9.58. The number of nitrogens with one attached hydrogen (secondary N) is 2. The van der Waals surface area contributed by atoms with Gasteiger partial charge in [-0.2, -0.15) is 0 Å². The molecule has 0 aromatic heterocycles. The predicted octanol–water partition coefficient (Wildman–Crippen LogP) is 6.76. The molecule has 0 saturated carbocycles. The lowest BCUT2D eigenvalue weighted by molar-refractivity contribution is -0.149. The van der Waals surface area contributed by atoms with Crippen LogP contribution in [0.4, 0.5) is 10.5 Å². The standard InChI is InChI=1S/C37H40Cl2N4O5/c1-22-8-5-6-11-27(22)33-37(28-13-12-25(39)19-30(28)41-34(37)46)29(23-9-7-10-24(38)18-23)20-32(45)43(33)21-31(44)40-26-14-16-42(17-15-26)35(47)48-36(2,3)4/h5-13,18-19,26,29,33H,14-17,20-21H2,1-4H3,(H,40,44)(H,41,46)/t29-,33+,37-/m0/s1. The minimum Gasteiger partial charge on any atom is -0.444 e. The number of fused-ring (bicyclic) bond motifs is 2. The zero-order valence-corrected chi connectivity index (χ0v) is 29.0. The van der Waals surface area contributed by atoms with Crippen LogP contribution in [0.2, 0.25) is 10.0 Å². The topological polar surface area (TPSA) is 108 Å². The van der Waals surface area contributed by atoms with Gasteiger partial charge in [0.15, 0.2) is 0 Å². The van der Waals surface area contributed by atoms with Crippen LogP contribution in [0.5, 0.6) is 0 Å². The van der Waals surface area contributed by atoms with Gasteiger partial charge in [-0.3, -0.25) is 14.4 Å². The van der Waals surface area contributed by atoms with E-state index < -0.39 is 23.0 Å². The maximum absolute atomic E-state index is 14.6. The summed E-state index contributed by atoms with van der Waals surface area (Å²) in [5, 5.41) is 7.15. The summed E-state index contributed by atoms with van der Waals surface area (Å²) in [6.45, 7) is 8.07. The summed E-state index contributed by atoms with van der Waals surface area (Å²) in [7, 11) is 0. The minimum atomic E-state index is -1.30. The van der Waals surface area contributed by atoms with E-state index in [1.165, 1.54) is 0 Å². The Morgan fingerprint density at radius 1 is 0.979 bits per heavy atom. The normalized spacial score (nSPS) is 22.8. The lowest BCUT2D eigenvalue weighted by Crippen LogP contribution is -2.60. The van der Waals surface area contributed by atoms with Gasteiger partial charge in [0.25, 0.3) is 0 Å². The van der Waals surface area contributed by atoms with E-state index in [1.807, 2.05) is 76.2 Å². The van der Waals surface area contributed by atoms with Crippen LogP contribution in [0.3, 0.4) is 0 Å². The first-order chi connectivity index (χ1) is 22.8. The number of hydrogen-bond donors (Lipinski definition) is 2. The Labute approximate surface area is 290 Å². The SMILES string of the molecule is Cc1ccccc1[C@H]1N(CC(=O)NC2CCN(C(=O)OC(C)(C)C)CC2)C(=O)C[C@@H](c2cccc(Cl)c2)[C@]12C(=O)Nc1cc(Cl)ccc12. The molecule has 1 spiro atoms. The monoisotopic (exact) mass is 690 g/mol. The first-order valence-corrected chi connectivity index (χ1v) is 17.0. The van der Waals surface area contributed by atoms with Crippen molar-refractivity contribution >= 4 is 52.7 Å². The minimum absolute atomic E-state index is 0.0141.